The Bertz CT molecular complexity index is 572. The van der Waals surface area contributed by atoms with Crippen LogP contribution in [-0.2, 0) is 6.54 Å². The first-order valence-corrected chi connectivity index (χ1v) is 6.19. The zero-order chi connectivity index (χ0) is 14.0. The molecule has 0 saturated carbocycles. The van der Waals surface area contributed by atoms with Gasteiger partial charge >= 0.3 is 0 Å². The molecule has 0 bridgehead atoms. The van der Waals surface area contributed by atoms with Crippen molar-refractivity contribution in [3.8, 4) is 11.5 Å². The van der Waals surface area contributed by atoms with Crippen molar-refractivity contribution < 1.29 is 8.81 Å². The number of hydrogen-bond donors (Lipinski definition) is 1. The van der Waals surface area contributed by atoms with Gasteiger partial charge in [-0.15, -0.1) is 10.2 Å². The van der Waals surface area contributed by atoms with Gasteiger partial charge in [-0.1, -0.05) is 0 Å². The van der Waals surface area contributed by atoms with E-state index in [4.69, 9.17) is 4.42 Å². The highest BCUT2D eigenvalue weighted by Crippen LogP contribution is 2.20. The van der Waals surface area contributed by atoms with Crippen LogP contribution in [0.4, 0.5) is 4.39 Å². The van der Waals surface area contributed by atoms with Gasteiger partial charge in [-0.05, 0) is 51.5 Å². The highest BCUT2D eigenvalue weighted by molar-refractivity contribution is 5.53. The molecular formula is C14H18FN3O. The van der Waals surface area contributed by atoms with Crippen molar-refractivity contribution in [1.82, 2.24) is 15.5 Å². The van der Waals surface area contributed by atoms with E-state index in [0.29, 0.717) is 23.9 Å². The minimum absolute atomic E-state index is 0.0128. The smallest absolute Gasteiger partial charge is 0.247 e. The van der Waals surface area contributed by atoms with Gasteiger partial charge in [0.2, 0.25) is 11.8 Å². The van der Waals surface area contributed by atoms with E-state index >= 15 is 0 Å². The Balaban J connectivity index is 2.14. The van der Waals surface area contributed by atoms with Crippen molar-refractivity contribution in [2.75, 3.05) is 0 Å². The fraction of sp³-hybridized carbons (Fsp3) is 0.429. The van der Waals surface area contributed by atoms with Crippen molar-refractivity contribution >= 4 is 0 Å². The second-order valence-corrected chi connectivity index (χ2v) is 5.57. The number of rotatable bonds is 3. The van der Waals surface area contributed by atoms with Crippen LogP contribution in [0.1, 0.15) is 32.2 Å². The third-order valence-electron chi connectivity index (χ3n) is 2.64. The molecule has 19 heavy (non-hydrogen) atoms. The summed E-state index contributed by atoms with van der Waals surface area (Å²) in [5, 5.41) is 11.2. The molecule has 0 saturated heterocycles. The minimum Gasteiger partial charge on any atom is -0.419 e. The van der Waals surface area contributed by atoms with E-state index in [9.17, 15) is 4.39 Å². The largest absolute Gasteiger partial charge is 0.419 e. The molecule has 0 amide bonds. The number of hydrogen-bond acceptors (Lipinski definition) is 4. The lowest BCUT2D eigenvalue weighted by atomic mass is 10.1. The topological polar surface area (TPSA) is 51.0 Å². The van der Waals surface area contributed by atoms with Crippen LogP contribution in [0.3, 0.4) is 0 Å². The van der Waals surface area contributed by atoms with Gasteiger partial charge in [0.1, 0.15) is 5.82 Å². The van der Waals surface area contributed by atoms with Gasteiger partial charge in [-0.3, -0.25) is 0 Å². The predicted molar refractivity (Wildman–Crippen MR) is 71.0 cm³/mol. The Kier molecular flexibility index (Phi) is 3.66. The lowest BCUT2D eigenvalue weighted by molar-refractivity contribution is 0.383. The van der Waals surface area contributed by atoms with E-state index in [0.717, 1.165) is 5.56 Å². The van der Waals surface area contributed by atoms with E-state index in [1.54, 1.807) is 19.1 Å². The molecule has 0 aliphatic rings. The van der Waals surface area contributed by atoms with Crippen LogP contribution in [0.15, 0.2) is 22.6 Å². The summed E-state index contributed by atoms with van der Waals surface area (Å²) in [6.45, 7) is 8.41. The van der Waals surface area contributed by atoms with Gasteiger partial charge in [0.25, 0.3) is 0 Å². The quantitative estimate of drug-likeness (QED) is 0.924. The van der Waals surface area contributed by atoms with Crippen molar-refractivity contribution in [1.29, 1.82) is 0 Å². The SMILES string of the molecule is Cc1cc(-c2nnc(CNC(C)(C)C)o2)ccc1F. The number of aryl methyl sites for hydroxylation is 1. The van der Waals surface area contributed by atoms with Crippen LogP contribution in [0.2, 0.25) is 0 Å². The summed E-state index contributed by atoms with van der Waals surface area (Å²) in [4.78, 5) is 0. The Morgan fingerprint density at radius 2 is 2.00 bits per heavy atom. The molecule has 1 aromatic heterocycles. The Labute approximate surface area is 112 Å². The maximum atomic E-state index is 13.2. The zero-order valence-corrected chi connectivity index (χ0v) is 11.6. The summed E-state index contributed by atoms with van der Waals surface area (Å²) in [6.07, 6.45) is 0. The molecular weight excluding hydrogens is 245 g/mol. The lowest BCUT2D eigenvalue weighted by Crippen LogP contribution is -2.35. The molecule has 0 spiro atoms. The fourth-order valence-corrected chi connectivity index (χ4v) is 1.56. The number of benzene rings is 1. The average Bonchev–Trinajstić information content (AvgIpc) is 2.78. The molecule has 5 heteroatoms. The van der Waals surface area contributed by atoms with Crippen molar-refractivity contribution in [2.45, 2.75) is 39.8 Å². The first kappa shape index (κ1) is 13.7. The normalized spacial score (nSPS) is 11.8. The Morgan fingerprint density at radius 1 is 1.26 bits per heavy atom. The van der Waals surface area contributed by atoms with E-state index in [1.807, 2.05) is 0 Å². The third kappa shape index (κ3) is 3.61. The monoisotopic (exact) mass is 263 g/mol. The maximum absolute atomic E-state index is 13.2. The second-order valence-electron chi connectivity index (χ2n) is 5.57. The standard InChI is InChI=1S/C14H18FN3O/c1-9-7-10(5-6-11(9)15)13-18-17-12(19-13)8-16-14(2,3)4/h5-7,16H,8H2,1-4H3. The number of halogens is 1. The van der Waals surface area contributed by atoms with Crippen molar-refractivity contribution in [2.24, 2.45) is 0 Å². The molecule has 0 atom stereocenters. The summed E-state index contributed by atoms with van der Waals surface area (Å²) in [6, 6.07) is 4.74. The first-order valence-electron chi connectivity index (χ1n) is 6.19. The van der Waals surface area contributed by atoms with Gasteiger partial charge in [-0.25, -0.2) is 4.39 Å². The third-order valence-corrected chi connectivity index (χ3v) is 2.64. The van der Waals surface area contributed by atoms with Gasteiger partial charge < -0.3 is 9.73 Å². The number of nitrogens with zero attached hydrogens (tertiary/aromatic N) is 2. The van der Waals surface area contributed by atoms with E-state index < -0.39 is 0 Å². The molecule has 0 radical (unpaired) electrons. The molecule has 1 N–H and O–H groups in total. The molecule has 1 heterocycles. The van der Waals surface area contributed by atoms with E-state index in [2.05, 4.69) is 36.3 Å². The van der Waals surface area contributed by atoms with Crippen LogP contribution < -0.4 is 5.32 Å². The van der Waals surface area contributed by atoms with Gasteiger partial charge in [0.15, 0.2) is 0 Å². The molecule has 2 aromatic rings. The second kappa shape index (κ2) is 5.09. The number of aromatic nitrogens is 2. The summed E-state index contributed by atoms with van der Waals surface area (Å²) in [7, 11) is 0. The van der Waals surface area contributed by atoms with Crippen LogP contribution >= 0.6 is 0 Å². The molecule has 0 aliphatic heterocycles. The molecule has 0 unspecified atom stereocenters. The van der Waals surface area contributed by atoms with Crippen LogP contribution in [0, 0.1) is 12.7 Å². The van der Waals surface area contributed by atoms with Gasteiger partial charge in [0, 0.05) is 11.1 Å². The van der Waals surface area contributed by atoms with Gasteiger partial charge in [-0.2, -0.15) is 0 Å². The zero-order valence-electron chi connectivity index (χ0n) is 11.6. The lowest BCUT2D eigenvalue weighted by Gasteiger charge is -2.18. The predicted octanol–water partition coefficient (Wildman–Crippen LogP) is 3.07. The Morgan fingerprint density at radius 3 is 2.63 bits per heavy atom. The van der Waals surface area contributed by atoms with Gasteiger partial charge in [0.05, 0.1) is 6.54 Å². The van der Waals surface area contributed by atoms with Crippen molar-refractivity contribution in [3.05, 3.63) is 35.5 Å². The summed E-state index contributed by atoms with van der Waals surface area (Å²) in [5.41, 5.74) is 1.28. The molecule has 2 rings (SSSR count). The average molecular weight is 263 g/mol. The Hall–Kier alpha value is -1.75. The minimum atomic E-state index is -0.238. The molecule has 4 nitrogen and oxygen atoms in total. The summed E-state index contributed by atoms with van der Waals surface area (Å²) < 4.78 is 18.7. The summed E-state index contributed by atoms with van der Waals surface area (Å²) >= 11 is 0. The van der Waals surface area contributed by atoms with E-state index in [-0.39, 0.29) is 11.4 Å². The maximum Gasteiger partial charge on any atom is 0.247 e. The molecule has 102 valence electrons. The number of nitrogens with one attached hydrogen (secondary N) is 1. The molecule has 0 aliphatic carbocycles. The first-order chi connectivity index (χ1) is 8.85. The molecule has 0 fully saturated rings. The summed E-state index contributed by atoms with van der Waals surface area (Å²) in [5.74, 6) is 0.693. The highest BCUT2D eigenvalue weighted by atomic mass is 19.1. The van der Waals surface area contributed by atoms with Crippen LogP contribution in [-0.4, -0.2) is 15.7 Å². The van der Waals surface area contributed by atoms with E-state index in [1.165, 1.54) is 6.07 Å². The van der Waals surface area contributed by atoms with Crippen LogP contribution in [0.25, 0.3) is 11.5 Å². The molecule has 1 aromatic carbocycles. The highest BCUT2D eigenvalue weighted by Gasteiger charge is 2.13. The van der Waals surface area contributed by atoms with Crippen molar-refractivity contribution in [3.63, 3.8) is 0 Å². The van der Waals surface area contributed by atoms with Crippen LogP contribution in [0.5, 0.6) is 0 Å². The fourth-order valence-electron chi connectivity index (χ4n) is 1.56.